The molecule has 13 heteroatoms. The Morgan fingerprint density at radius 1 is 1.19 bits per heavy atom. The number of amides is 2. The molecule has 1 aromatic carbocycles. The standard InChI is InChI=1S/C29H26ClF3N6O3/c1-28(2)27(41)38(13-18-7-6-17(30)11-35-18)21-8-5-16(10-22(21)42-28)23-19-12-36-39(14-29(31,32)33)26(19)37-20(9-15-3-4-15)24(23)25(34)40/h5-8,10-12,15H,3-4,9,13-14H2,1-2H3,(H2,34,40). The Morgan fingerprint density at radius 3 is 2.60 bits per heavy atom. The van der Waals surface area contributed by atoms with Crippen molar-refractivity contribution in [3.05, 3.63) is 64.7 Å². The number of alkyl halides is 3. The predicted octanol–water partition coefficient (Wildman–Crippen LogP) is 5.46. The number of hydrogen-bond donors (Lipinski definition) is 1. The molecule has 0 unspecified atom stereocenters. The minimum absolute atomic E-state index is 0.00700. The van der Waals surface area contributed by atoms with Gasteiger partial charge in [0.15, 0.2) is 11.2 Å². The molecule has 1 aliphatic heterocycles. The fraction of sp³-hybridized carbons (Fsp3) is 0.345. The van der Waals surface area contributed by atoms with Crippen molar-refractivity contribution in [2.45, 2.75) is 58.0 Å². The predicted molar refractivity (Wildman–Crippen MR) is 149 cm³/mol. The monoisotopic (exact) mass is 598 g/mol. The topological polar surface area (TPSA) is 116 Å². The van der Waals surface area contributed by atoms with Gasteiger partial charge in [-0.2, -0.15) is 18.3 Å². The lowest BCUT2D eigenvalue weighted by Gasteiger charge is -2.39. The zero-order valence-electron chi connectivity index (χ0n) is 22.7. The highest BCUT2D eigenvalue weighted by Gasteiger charge is 2.41. The van der Waals surface area contributed by atoms with Gasteiger partial charge >= 0.3 is 6.18 Å². The van der Waals surface area contributed by atoms with Crippen molar-refractivity contribution in [2.75, 3.05) is 4.90 Å². The Balaban J connectivity index is 1.52. The summed E-state index contributed by atoms with van der Waals surface area (Å²) in [4.78, 5) is 36.6. The van der Waals surface area contributed by atoms with E-state index in [2.05, 4.69) is 15.1 Å². The first-order valence-corrected chi connectivity index (χ1v) is 13.7. The molecular weight excluding hydrogens is 573 g/mol. The van der Waals surface area contributed by atoms with Crippen LogP contribution in [0.15, 0.2) is 42.7 Å². The normalized spacial score (nSPS) is 16.4. The van der Waals surface area contributed by atoms with E-state index in [1.54, 1.807) is 49.1 Å². The lowest BCUT2D eigenvalue weighted by atomic mass is 9.93. The van der Waals surface area contributed by atoms with Crippen molar-refractivity contribution >= 4 is 40.1 Å². The summed E-state index contributed by atoms with van der Waals surface area (Å²) in [5.74, 6) is -0.418. The summed E-state index contributed by atoms with van der Waals surface area (Å²) in [7, 11) is 0. The average Bonchev–Trinajstić information content (AvgIpc) is 3.64. The first-order valence-electron chi connectivity index (χ1n) is 13.3. The summed E-state index contributed by atoms with van der Waals surface area (Å²) in [6.45, 7) is 2.10. The first-order chi connectivity index (χ1) is 19.8. The van der Waals surface area contributed by atoms with E-state index in [9.17, 15) is 22.8 Å². The Labute approximate surface area is 243 Å². The number of rotatable bonds is 7. The van der Waals surface area contributed by atoms with Crippen LogP contribution < -0.4 is 15.4 Å². The number of carbonyl (C=O) groups excluding carboxylic acids is 2. The lowest BCUT2D eigenvalue weighted by molar-refractivity contribution is -0.142. The molecule has 6 rings (SSSR count). The summed E-state index contributed by atoms with van der Waals surface area (Å²) < 4.78 is 47.1. The molecule has 2 amide bonds. The van der Waals surface area contributed by atoms with Crippen molar-refractivity contribution in [1.82, 2.24) is 19.7 Å². The number of fused-ring (bicyclic) bond motifs is 2. The second-order valence-corrected chi connectivity index (χ2v) is 11.6. The molecule has 0 bridgehead atoms. The van der Waals surface area contributed by atoms with Crippen LogP contribution in [0.5, 0.6) is 5.75 Å². The largest absolute Gasteiger partial charge is 0.476 e. The van der Waals surface area contributed by atoms with Crippen molar-refractivity contribution in [1.29, 1.82) is 0 Å². The molecule has 4 aromatic rings. The smallest absolute Gasteiger partial charge is 0.408 e. The van der Waals surface area contributed by atoms with E-state index in [-0.39, 0.29) is 35.0 Å². The maximum Gasteiger partial charge on any atom is 0.408 e. The number of benzene rings is 1. The zero-order chi connectivity index (χ0) is 30.0. The fourth-order valence-corrected chi connectivity index (χ4v) is 5.39. The zero-order valence-corrected chi connectivity index (χ0v) is 23.5. The van der Waals surface area contributed by atoms with E-state index in [4.69, 9.17) is 22.1 Å². The van der Waals surface area contributed by atoms with Crippen LogP contribution in [-0.4, -0.2) is 43.3 Å². The molecule has 3 aromatic heterocycles. The number of ether oxygens (including phenoxy) is 1. The minimum Gasteiger partial charge on any atom is -0.476 e. The molecule has 1 aliphatic carbocycles. The van der Waals surface area contributed by atoms with Gasteiger partial charge in [-0.1, -0.05) is 17.7 Å². The number of nitrogens with zero attached hydrogens (tertiary/aromatic N) is 5. The van der Waals surface area contributed by atoms with E-state index in [1.807, 2.05) is 0 Å². The first kappa shape index (κ1) is 28.0. The van der Waals surface area contributed by atoms with E-state index in [0.29, 0.717) is 45.4 Å². The summed E-state index contributed by atoms with van der Waals surface area (Å²) in [6, 6.07) is 8.42. The minimum atomic E-state index is -4.53. The number of aromatic nitrogens is 4. The number of carbonyl (C=O) groups is 2. The van der Waals surface area contributed by atoms with Crippen LogP contribution in [0.2, 0.25) is 5.02 Å². The van der Waals surface area contributed by atoms with E-state index in [0.717, 1.165) is 17.5 Å². The molecular formula is C29H26ClF3N6O3. The molecule has 4 heterocycles. The Bertz CT molecular complexity index is 1730. The third-order valence-electron chi connectivity index (χ3n) is 7.39. The van der Waals surface area contributed by atoms with Crippen molar-refractivity contribution in [3.8, 4) is 16.9 Å². The number of anilines is 1. The van der Waals surface area contributed by atoms with Crippen LogP contribution in [-0.2, 0) is 24.3 Å². The van der Waals surface area contributed by atoms with Crippen molar-refractivity contribution in [2.24, 2.45) is 11.7 Å². The van der Waals surface area contributed by atoms with Gasteiger partial charge in [0.25, 0.3) is 11.8 Å². The van der Waals surface area contributed by atoms with E-state index >= 15 is 0 Å². The molecule has 0 atom stereocenters. The molecule has 42 heavy (non-hydrogen) atoms. The molecule has 2 aliphatic rings. The van der Waals surface area contributed by atoms with Crippen LogP contribution in [0.4, 0.5) is 18.9 Å². The Hall–Kier alpha value is -4.19. The summed E-state index contributed by atoms with van der Waals surface area (Å²) in [5.41, 5.74) is 6.97. The number of hydrogen-bond acceptors (Lipinski definition) is 6. The molecule has 218 valence electrons. The number of primary amides is 1. The van der Waals surface area contributed by atoms with Crippen molar-refractivity contribution in [3.63, 3.8) is 0 Å². The fourth-order valence-electron chi connectivity index (χ4n) is 5.28. The van der Waals surface area contributed by atoms with Gasteiger partial charge in [0, 0.05) is 17.1 Å². The van der Waals surface area contributed by atoms with Crippen LogP contribution in [0.25, 0.3) is 22.2 Å². The molecule has 1 saturated carbocycles. The second kappa shape index (κ2) is 9.97. The molecule has 0 radical (unpaired) electrons. The molecule has 0 saturated heterocycles. The van der Waals surface area contributed by atoms with Gasteiger partial charge in [-0.05, 0) is 68.9 Å². The molecule has 2 N–H and O–H groups in total. The number of halogens is 4. The van der Waals surface area contributed by atoms with Gasteiger partial charge in [-0.15, -0.1) is 0 Å². The highest BCUT2D eigenvalue weighted by molar-refractivity contribution is 6.30. The maximum atomic E-state index is 13.4. The molecule has 0 spiro atoms. The van der Waals surface area contributed by atoms with Gasteiger partial charge in [-0.25, -0.2) is 9.67 Å². The number of nitrogens with two attached hydrogens (primary N) is 1. The van der Waals surface area contributed by atoms with Crippen molar-refractivity contribution < 1.29 is 27.5 Å². The van der Waals surface area contributed by atoms with Crippen LogP contribution in [0.3, 0.4) is 0 Å². The SMILES string of the molecule is CC1(C)Oc2cc(-c3c(C(N)=O)c(CC4CC4)nc4c3cnn4CC(F)(F)F)ccc2N(Cc2ccc(Cl)cn2)C1=O. The summed E-state index contributed by atoms with van der Waals surface area (Å²) >= 11 is 5.97. The quantitative estimate of drug-likeness (QED) is 0.302. The molecule has 1 fully saturated rings. The number of pyridine rings is 2. The average molecular weight is 599 g/mol. The van der Waals surface area contributed by atoms with Crippen LogP contribution >= 0.6 is 11.6 Å². The van der Waals surface area contributed by atoms with Gasteiger partial charge in [0.2, 0.25) is 0 Å². The van der Waals surface area contributed by atoms with Crippen LogP contribution in [0.1, 0.15) is 48.4 Å². The Morgan fingerprint density at radius 2 is 1.95 bits per heavy atom. The van der Waals surface area contributed by atoms with Crippen LogP contribution in [0, 0.1) is 5.92 Å². The molecule has 9 nitrogen and oxygen atoms in total. The maximum absolute atomic E-state index is 13.4. The van der Waals surface area contributed by atoms with Gasteiger partial charge in [0.1, 0.15) is 12.3 Å². The van der Waals surface area contributed by atoms with Gasteiger partial charge in [0.05, 0.1) is 40.4 Å². The van der Waals surface area contributed by atoms with E-state index < -0.39 is 24.2 Å². The Kier molecular flexibility index (Phi) is 6.64. The van der Waals surface area contributed by atoms with E-state index in [1.165, 1.54) is 12.4 Å². The van der Waals surface area contributed by atoms with Gasteiger partial charge < -0.3 is 10.5 Å². The van der Waals surface area contributed by atoms with Gasteiger partial charge in [-0.3, -0.25) is 19.5 Å². The highest BCUT2D eigenvalue weighted by atomic mass is 35.5. The third kappa shape index (κ3) is 5.26. The summed E-state index contributed by atoms with van der Waals surface area (Å²) in [6.07, 6.45) is 0.508. The second-order valence-electron chi connectivity index (χ2n) is 11.1. The summed E-state index contributed by atoms with van der Waals surface area (Å²) in [5, 5.41) is 4.69. The lowest BCUT2D eigenvalue weighted by Crippen LogP contribution is -2.52. The third-order valence-corrected chi connectivity index (χ3v) is 7.61. The highest BCUT2D eigenvalue weighted by Crippen LogP contribution is 2.44.